The molecule has 2 atom stereocenters. The lowest BCUT2D eigenvalue weighted by Crippen LogP contribution is -2.25. The number of rotatable bonds is 4. The van der Waals surface area contributed by atoms with Gasteiger partial charge >= 0.3 is 5.97 Å². The quantitative estimate of drug-likeness (QED) is 0.290. The molecule has 0 aliphatic carbocycles. The van der Waals surface area contributed by atoms with Crippen LogP contribution in [-0.4, -0.2) is 11.1 Å². The predicted molar refractivity (Wildman–Crippen MR) is 142 cm³/mol. The normalized spacial score (nSPS) is 17.0. The Kier molecular flexibility index (Phi) is 6.01. The van der Waals surface area contributed by atoms with Crippen LogP contribution in [0, 0.1) is 13.8 Å². The SMILES string of the molecule is Cc1ccc(C)c([C@H]2C[C@H](c3ccc(-c4ccccc4)cc3)Nc3c(C(=O)O)cc(Br)cc32)c1. The minimum Gasteiger partial charge on any atom is -0.478 e. The van der Waals surface area contributed by atoms with Crippen molar-refractivity contribution in [3.63, 3.8) is 0 Å². The fourth-order valence-corrected chi connectivity index (χ4v) is 5.49. The molecule has 0 saturated heterocycles. The van der Waals surface area contributed by atoms with Crippen molar-refractivity contribution in [1.82, 2.24) is 0 Å². The first-order valence-corrected chi connectivity index (χ1v) is 12.3. The zero-order valence-corrected chi connectivity index (χ0v) is 20.8. The lowest BCUT2D eigenvalue weighted by atomic mass is 9.77. The van der Waals surface area contributed by atoms with Gasteiger partial charge in [-0.1, -0.05) is 94.3 Å². The Morgan fingerprint density at radius 3 is 2.29 bits per heavy atom. The Balaban J connectivity index is 1.60. The molecule has 4 heteroatoms. The lowest BCUT2D eigenvalue weighted by Gasteiger charge is -2.35. The summed E-state index contributed by atoms with van der Waals surface area (Å²) in [6.45, 7) is 4.24. The minimum atomic E-state index is -0.926. The number of benzene rings is 4. The molecule has 0 bridgehead atoms. The minimum absolute atomic E-state index is 0.00140. The third-order valence-electron chi connectivity index (χ3n) is 6.76. The summed E-state index contributed by atoms with van der Waals surface area (Å²) in [6, 6.07) is 29.2. The zero-order chi connectivity index (χ0) is 23.8. The van der Waals surface area contributed by atoms with E-state index in [0.29, 0.717) is 11.3 Å². The zero-order valence-electron chi connectivity index (χ0n) is 19.2. The molecule has 2 N–H and O–H groups in total. The van der Waals surface area contributed by atoms with Crippen molar-refractivity contribution in [2.45, 2.75) is 32.2 Å². The molecule has 0 aromatic heterocycles. The van der Waals surface area contributed by atoms with Gasteiger partial charge in [-0.15, -0.1) is 0 Å². The van der Waals surface area contributed by atoms with Gasteiger partial charge in [0.25, 0.3) is 0 Å². The summed E-state index contributed by atoms with van der Waals surface area (Å²) < 4.78 is 0.784. The number of aryl methyl sites for hydroxylation is 2. The smallest absolute Gasteiger partial charge is 0.337 e. The van der Waals surface area contributed by atoms with Gasteiger partial charge in [-0.05, 0) is 65.8 Å². The Labute approximate surface area is 208 Å². The molecule has 1 aliphatic rings. The molecule has 4 aromatic rings. The summed E-state index contributed by atoms with van der Waals surface area (Å²) in [4.78, 5) is 12.2. The molecule has 0 radical (unpaired) electrons. The van der Waals surface area contributed by atoms with Crippen molar-refractivity contribution in [2.75, 3.05) is 5.32 Å². The monoisotopic (exact) mass is 511 g/mol. The standard InChI is InChI=1S/C30H26BrNO2/c1-18-8-9-19(2)24(14-18)25-17-28(32-29-26(25)15-23(31)16-27(29)30(33)34)22-12-10-21(11-13-22)20-6-4-3-5-7-20/h3-16,25,28,32H,17H2,1-2H3,(H,33,34)/t25-,28-/m1/s1. The summed E-state index contributed by atoms with van der Waals surface area (Å²) in [7, 11) is 0. The maximum Gasteiger partial charge on any atom is 0.337 e. The number of carboxylic acids is 1. The number of hydrogen-bond acceptors (Lipinski definition) is 2. The molecular weight excluding hydrogens is 486 g/mol. The maximum atomic E-state index is 12.2. The average molecular weight is 512 g/mol. The van der Waals surface area contributed by atoms with Gasteiger partial charge < -0.3 is 10.4 Å². The van der Waals surface area contributed by atoms with Gasteiger partial charge in [0.1, 0.15) is 0 Å². The van der Waals surface area contributed by atoms with Gasteiger partial charge in [0.2, 0.25) is 0 Å². The van der Waals surface area contributed by atoms with Crippen LogP contribution in [0.15, 0.2) is 89.4 Å². The summed E-state index contributed by atoms with van der Waals surface area (Å²) in [5.74, 6) is -0.838. The van der Waals surface area contributed by atoms with Crippen molar-refractivity contribution in [3.8, 4) is 11.1 Å². The van der Waals surface area contributed by atoms with Gasteiger partial charge in [0.15, 0.2) is 0 Å². The number of anilines is 1. The van der Waals surface area contributed by atoms with E-state index in [1.54, 1.807) is 6.07 Å². The van der Waals surface area contributed by atoms with Crippen LogP contribution in [0.2, 0.25) is 0 Å². The van der Waals surface area contributed by atoms with Crippen LogP contribution in [0.5, 0.6) is 0 Å². The van der Waals surface area contributed by atoms with Gasteiger partial charge in [0, 0.05) is 10.4 Å². The second-order valence-corrected chi connectivity index (χ2v) is 9.97. The topological polar surface area (TPSA) is 49.3 Å². The fraction of sp³-hybridized carbons (Fsp3) is 0.167. The first-order chi connectivity index (χ1) is 16.4. The molecule has 1 heterocycles. The molecule has 3 nitrogen and oxygen atoms in total. The third kappa shape index (κ3) is 4.26. The molecule has 1 aliphatic heterocycles. The number of carboxylic acid groups (broad SMARTS) is 1. The Hall–Kier alpha value is -3.37. The highest BCUT2D eigenvalue weighted by atomic mass is 79.9. The number of halogens is 1. The van der Waals surface area contributed by atoms with Crippen LogP contribution in [0.3, 0.4) is 0 Å². The number of fused-ring (bicyclic) bond motifs is 1. The van der Waals surface area contributed by atoms with E-state index in [4.69, 9.17) is 0 Å². The number of nitrogens with one attached hydrogen (secondary N) is 1. The lowest BCUT2D eigenvalue weighted by molar-refractivity contribution is 0.0697. The average Bonchev–Trinajstić information content (AvgIpc) is 2.85. The molecule has 0 amide bonds. The molecule has 170 valence electrons. The van der Waals surface area contributed by atoms with Crippen LogP contribution in [0.4, 0.5) is 5.69 Å². The summed E-state index contributed by atoms with van der Waals surface area (Å²) in [5.41, 5.74) is 9.22. The van der Waals surface area contributed by atoms with Crippen LogP contribution in [0.25, 0.3) is 11.1 Å². The van der Waals surface area contributed by atoms with Crippen molar-refractivity contribution in [3.05, 3.63) is 123 Å². The number of hydrogen-bond donors (Lipinski definition) is 2. The van der Waals surface area contributed by atoms with E-state index in [9.17, 15) is 9.90 Å². The first kappa shape index (κ1) is 22.4. The predicted octanol–water partition coefficient (Wildman–Crippen LogP) is 8.12. The van der Waals surface area contributed by atoms with Crippen LogP contribution < -0.4 is 5.32 Å². The molecule has 0 saturated carbocycles. The summed E-state index contributed by atoms with van der Waals surface area (Å²) >= 11 is 3.54. The molecule has 34 heavy (non-hydrogen) atoms. The van der Waals surface area contributed by atoms with Gasteiger partial charge in [-0.25, -0.2) is 4.79 Å². The van der Waals surface area contributed by atoms with E-state index in [1.807, 2.05) is 18.2 Å². The Morgan fingerprint density at radius 2 is 1.59 bits per heavy atom. The van der Waals surface area contributed by atoms with E-state index in [1.165, 1.54) is 27.8 Å². The highest BCUT2D eigenvalue weighted by molar-refractivity contribution is 9.10. The molecule has 4 aromatic carbocycles. The Morgan fingerprint density at radius 1 is 0.882 bits per heavy atom. The summed E-state index contributed by atoms with van der Waals surface area (Å²) in [6.07, 6.45) is 0.845. The second kappa shape index (κ2) is 9.11. The van der Waals surface area contributed by atoms with Crippen LogP contribution >= 0.6 is 15.9 Å². The van der Waals surface area contributed by atoms with Crippen molar-refractivity contribution in [1.29, 1.82) is 0 Å². The van der Waals surface area contributed by atoms with E-state index >= 15 is 0 Å². The van der Waals surface area contributed by atoms with E-state index in [0.717, 1.165) is 22.0 Å². The van der Waals surface area contributed by atoms with E-state index in [-0.39, 0.29) is 12.0 Å². The fourth-order valence-electron chi connectivity index (χ4n) is 5.02. The highest BCUT2D eigenvalue weighted by Crippen LogP contribution is 2.47. The first-order valence-electron chi connectivity index (χ1n) is 11.5. The van der Waals surface area contributed by atoms with Gasteiger partial charge in [-0.2, -0.15) is 0 Å². The number of carbonyl (C=O) groups is 1. The third-order valence-corrected chi connectivity index (χ3v) is 7.22. The largest absolute Gasteiger partial charge is 0.478 e. The molecule has 0 unspecified atom stereocenters. The highest BCUT2D eigenvalue weighted by Gasteiger charge is 2.32. The Bertz CT molecular complexity index is 1360. The second-order valence-electron chi connectivity index (χ2n) is 9.06. The van der Waals surface area contributed by atoms with Gasteiger partial charge in [-0.3, -0.25) is 0 Å². The maximum absolute atomic E-state index is 12.2. The molecule has 5 rings (SSSR count). The van der Waals surface area contributed by atoms with E-state index < -0.39 is 5.97 Å². The van der Waals surface area contributed by atoms with Crippen molar-refractivity contribution in [2.24, 2.45) is 0 Å². The molecule has 0 spiro atoms. The van der Waals surface area contributed by atoms with Crippen molar-refractivity contribution >= 4 is 27.6 Å². The van der Waals surface area contributed by atoms with E-state index in [2.05, 4.69) is 95.8 Å². The van der Waals surface area contributed by atoms with Crippen molar-refractivity contribution < 1.29 is 9.90 Å². The van der Waals surface area contributed by atoms with Gasteiger partial charge in [0.05, 0.1) is 17.3 Å². The summed E-state index contributed by atoms with van der Waals surface area (Å²) in [5, 5.41) is 13.6. The molecular formula is C30H26BrNO2. The molecule has 0 fully saturated rings. The number of aromatic carboxylic acids is 1. The van der Waals surface area contributed by atoms with Crippen LogP contribution in [-0.2, 0) is 0 Å². The van der Waals surface area contributed by atoms with Crippen LogP contribution in [0.1, 0.15) is 56.6 Å².